The number of hydrogen-bond acceptors (Lipinski definition) is 2. The number of H-pyrrole nitrogens is 1. The Hall–Kier alpha value is -1.25. The van der Waals surface area contributed by atoms with Crippen LogP contribution in [0.3, 0.4) is 0 Å². The van der Waals surface area contributed by atoms with Gasteiger partial charge < -0.3 is 15.7 Å². The summed E-state index contributed by atoms with van der Waals surface area (Å²) in [6.45, 7) is 0. The van der Waals surface area contributed by atoms with Crippen molar-refractivity contribution in [2.75, 3.05) is 12.4 Å². The van der Waals surface area contributed by atoms with Gasteiger partial charge >= 0.3 is 0 Å². The van der Waals surface area contributed by atoms with Gasteiger partial charge in [0.05, 0.1) is 11.4 Å². The third-order valence-corrected chi connectivity index (χ3v) is 1.19. The number of hydrogen-bond donors (Lipinski definition) is 3. The maximum absolute atomic E-state index is 6.91. The molecular weight excluding hydrogens is 114 g/mol. The summed E-state index contributed by atoms with van der Waals surface area (Å²) < 4.78 is 0. The van der Waals surface area contributed by atoms with Gasteiger partial charge in [-0.1, -0.05) is 0 Å². The average molecular weight is 123 g/mol. The van der Waals surface area contributed by atoms with E-state index in [1.54, 1.807) is 6.20 Å². The minimum Gasteiger partial charge on any atom is -0.386 e. The molecule has 0 aliphatic carbocycles. The van der Waals surface area contributed by atoms with Gasteiger partial charge in [0, 0.05) is 19.5 Å². The van der Waals surface area contributed by atoms with Crippen LogP contribution in [0.15, 0.2) is 12.3 Å². The van der Waals surface area contributed by atoms with Crippen molar-refractivity contribution >= 4 is 11.9 Å². The van der Waals surface area contributed by atoms with E-state index in [0.717, 1.165) is 11.4 Å². The van der Waals surface area contributed by atoms with Crippen LogP contribution in [-0.4, -0.2) is 18.2 Å². The minimum atomic E-state index is 0.817. The quantitative estimate of drug-likeness (QED) is 0.506. The number of nitrogens with one attached hydrogen (secondary N) is 3. The summed E-state index contributed by atoms with van der Waals surface area (Å²) in [5.74, 6) is 0. The normalized spacial score (nSPS) is 9.00. The maximum atomic E-state index is 6.91. The van der Waals surface area contributed by atoms with Crippen molar-refractivity contribution in [3.05, 3.63) is 18.0 Å². The van der Waals surface area contributed by atoms with E-state index in [-0.39, 0.29) is 0 Å². The number of aromatic amines is 1. The summed E-state index contributed by atoms with van der Waals surface area (Å²) in [4.78, 5) is 2.90. The number of aromatic nitrogens is 1. The molecule has 3 nitrogen and oxygen atoms in total. The standard InChI is InChI=1S/C6H9N3/c1-8-5-2-3-9-6(5)4-7/h2-4,7-9H,1H3. The first-order valence-corrected chi connectivity index (χ1v) is 2.74. The van der Waals surface area contributed by atoms with Crippen molar-refractivity contribution in [2.24, 2.45) is 0 Å². The van der Waals surface area contributed by atoms with Crippen LogP contribution in [0.5, 0.6) is 0 Å². The molecule has 0 bridgehead atoms. The van der Waals surface area contributed by atoms with E-state index in [2.05, 4.69) is 10.3 Å². The van der Waals surface area contributed by atoms with E-state index in [4.69, 9.17) is 5.41 Å². The zero-order chi connectivity index (χ0) is 6.69. The third kappa shape index (κ3) is 0.937. The predicted octanol–water partition coefficient (Wildman–Crippen LogP) is 1.05. The fourth-order valence-electron chi connectivity index (χ4n) is 0.720. The van der Waals surface area contributed by atoms with E-state index in [9.17, 15) is 0 Å². The van der Waals surface area contributed by atoms with Crippen LogP contribution < -0.4 is 5.32 Å². The molecule has 1 aromatic heterocycles. The van der Waals surface area contributed by atoms with Crippen LogP contribution in [0.4, 0.5) is 5.69 Å². The summed E-state index contributed by atoms with van der Waals surface area (Å²) in [7, 11) is 1.83. The summed E-state index contributed by atoms with van der Waals surface area (Å²) in [6, 6.07) is 1.89. The molecule has 0 radical (unpaired) electrons. The molecule has 0 aliphatic rings. The van der Waals surface area contributed by atoms with E-state index in [1.165, 1.54) is 6.21 Å². The third-order valence-electron chi connectivity index (χ3n) is 1.19. The van der Waals surface area contributed by atoms with Gasteiger partial charge in [0.1, 0.15) is 0 Å². The van der Waals surface area contributed by atoms with Gasteiger partial charge in [-0.05, 0) is 6.07 Å². The van der Waals surface area contributed by atoms with E-state index in [1.807, 2.05) is 13.1 Å². The second-order valence-corrected chi connectivity index (χ2v) is 1.70. The molecule has 3 N–H and O–H groups in total. The molecule has 0 aliphatic heterocycles. The molecule has 0 amide bonds. The molecular formula is C6H9N3. The zero-order valence-electron chi connectivity index (χ0n) is 5.23. The Morgan fingerprint density at radius 1 is 1.78 bits per heavy atom. The summed E-state index contributed by atoms with van der Waals surface area (Å²) in [5, 5.41) is 9.85. The van der Waals surface area contributed by atoms with Crippen molar-refractivity contribution in [1.29, 1.82) is 5.41 Å². The first-order chi connectivity index (χ1) is 4.38. The molecule has 0 aromatic carbocycles. The molecule has 0 unspecified atom stereocenters. The fourth-order valence-corrected chi connectivity index (χ4v) is 0.720. The molecule has 1 heterocycles. The van der Waals surface area contributed by atoms with Crippen LogP contribution in [-0.2, 0) is 0 Å². The molecule has 9 heavy (non-hydrogen) atoms. The van der Waals surface area contributed by atoms with Crippen molar-refractivity contribution in [3.8, 4) is 0 Å². The lowest BCUT2D eigenvalue weighted by molar-refractivity contribution is 1.36. The molecule has 0 fully saturated rings. The molecule has 0 atom stereocenters. The van der Waals surface area contributed by atoms with Gasteiger partial charge in [-0.15, -0.1) is 0 Å². The monoisotopic (exact) mass is 123 g/mol. The molecule has 0 saturated carbocycles. The largest absolute Gasteiger partial charge is 0.386 e. The van der Waals surface area contributed by atoms with Gasteiger partial charge in [-0.3, -0.25) is 0 Å². The SMILES string of the molecule is CNc1cc[nH]c1C=N. The lowest BCUT2D eigenvalue weighted by Gasteiger charge is -1.93. The molecule has 1 aromatic rings. The summed E-state index contributed by atoms with van der Waals surface area (Å²) in [5.41, 5.74) is 1.78. The Kier molecular flexibility index (Phi) is 1.53. The van der Waals surface area contributed by atoms with Gasteiger partial charge in [-0.2, -0.15) is 0 Å². The van der Waals surface area contributed by atoms with Crippen molar-refractivity contribution in [2.45, 2.75) is 0 Å². The summed E-state index contributed by atoms with van der Waals surface area (Å²) in [6.07, 6.45) is 3.08. The lowest BCUT2D eigenvalue weighted by Crippen LogP contribution is -1.90. The highest BCUT2D eigenvalue weighted by Gasteiger charge is 1.94. The average Bonchev–Trinajstić information content (AvgIpc) is 2.33. The van der Waals surface area contributed by atoms with Crippen LogP contribution in [0.1, 0.15) is 5.69 Å². The van der Waals surface area contributed by atoms with Gasteiger partial charge in [-0.25, -0.2) is 0 Å². The Morgan fingerprint density at radius 3 is 3.00 bits per heavy atom. The number of anilines is 1. The first kappa shape index (κ1) is 5.88. The maximum Gasteiger partial charge on any atom is 0.0794 e. The Bertz CT molecular complexity index is 202. The highest BCUT2D eigenvalue weighted by molar-refractivity contribution is 5.83. The second-order valence-electron chi connectivity index (χ2n) is 1.70. The zero-order valence-corrected chi connectivity index (χ0v) is 5.23. The van der Waals surface area contributed by atoms with E-state index < -0.39 is 0 Å². The molecule has 1 rings (SSSR count). The highest BCUT2D eigenvalue weighted by Crippen LogP contribution is 2.08. The molecule has 0 saturated heterocycles. The minimum absolute atomic E-state index is 0.817. The Labute approximate surface area is 53.6 Å². The van der Waals surface area contributed by atoms with Gasteiger partial charge in [0.25, 0.3) is 0 Å². The molecule has 3 heteroatoms. The Balaban J connectivity index is 2.98. The van der Waals surface area contributed by atoms with E-state index >= 15 is 0 Å². The van der Waals surface area contributed by atoms with Crippen molar-refractivity contribution in [3.63, 3.8) is 0 Å². The van der Waals surface area contributed by atoms with Crippen LogP contribution in [0.2, 0.25) is 0 Å². The van der Waals surface area contributed by atoms with Gasteiger partial charge in [0.15, 0.2) is 0 Å². The topological polar surface area (TPSA) is 51.7 Å². The highest BCUT2D eigenvalue weighted by atomic mass is 14.9. The van der Waals surface area contributed by atoms with Crippen LogP contribution in [0, 0.1) is 5.41 Å². The van der Waals surface area contributed by atoms with E-state index in [0.29, 0.717) is 0 Å². The summed E-state index contributed by atoms with van der Waals surface area (Å²) >= 11 is 0. The second kappa shape index (κ2) is 2.35. The first-order valence-electron chi connectivity index (χ1n) is 2.74. The number of rotatable bonds is 2. The van der Waals surface area contributed by atoms with Crippen LogP contribution >= 0.6 is 0 Å². The van der Waals surface area contributed by atoms with Gasteiger partial charge in [0.2, 0.25) is 0 Å². The molecule has 0 spiro atoms. The van der Waals surface area contributed by atoms with Crippen LogP contribution in [0.25, 0.3) is 0 Å². The predicted molar refractivity (Wildman–Crippen MR) is 38.2 cm³/mol. The fraction of sp³-hybridized carbons (Fsp3) is 0.167. The Morgan fingerprint density at radius 2 is 2.56 bits per heavy atom. The van der Waals surface area contributed by atoms with Crippen molar-refractivity contribution < 1.29 is 0 Å². The molecule has 48 valence electrons. The smallest absolute Gasteiger partial charge is 0.0794 e. The van der Waals surface area contributed by atoms with Crippen molar-refractivity contribution in [1.82, 2.24) is 4.98 Å². The lowest BCUT2D eigenvalue weighted by atomic mass is 10.4.